The highest BCUT2D eigenvalue weighted by Gasteiger charge is 2.54. The maximum Gasteiger partial charge on any atom is 0.166 e. The van der Waals surface area contributed by atoms with Crippen LogP contribution < -0.4 is 14.2 Å². The van der Waals surface area contributed by atoms with Crippen LogP contribution in [0.3, 0.4) is 0 Å². The summed E-state index contributed by atoms with van der Waals surface area (Å²) in [7, 11) is 1.60. The van der Waals surface area contributed by atoms with Crippen molar-refractivity contribution in [2.24, 2.45) is 16.7 Å². The molecule has 0 amide bonds. The number of carbonyl (C=O) groups is 2. The van der Waals surface area contributed by atoms with Gasteiger partial charge in [0.2, 0.25) is 0 Å². The van der Waals surface area contributed by atoms with Crippen LogP contribution in [-0.2, 0) is 22.4 Å². The Hall–Kier alpha value is -4.33. The first-order valence-corrected chi connectivity index (χ1v) is 16.6. The summed E-state index contributed by atoms with van der Waals surface area (Å²) in [5.41, 5.74) is 0.980. The third-order valence-corrected chi connectivity index (χ3v) is 10.4. The zero-order valence-electron chi connectivity index (χ0n) is 26.7. The van der Waals surface area contributed by atoms with Gasteiger partial charge in [0.25, 0.3) is 0 Å². The molecule has 0 saturated heterocycles. The van der Waals surface area contributed by atoms with Crippen molar-refractivity contribution in [1.82, 2.24) is 4.98 Å². The molecule has 0 unspecified atom stereocenters. The lowest BCUT2D eigenvalue weighted by atomic mass is 9.88. The highest BCUT2D eigenvalue weighted by molar-refractivity contribution is 6.11. The number of ether oxygens (including phenoxy) is 3. The molecule has 3 aliphatic carbocycles. The van der Waals surface area contributed by atoms with Gasteiger partial charge >= 0.3 is 0 Å². The number of ketones is 2. The molecule has 3 aliphatic rings. The van der Waals surface area contributed by atoms with Crippen LogP contribution in [0.4, 0.5) is 8.78 Å². The topological polar surface area (TPSA) is 74.7 Å². The average molecular weight is 640 g/mol. The Kier molecular flexibility index (Phi) is 8.45. The van der Waals surface area contributed by atoms with Gasteiger partial charge in [-0.05, 0) is 85.5 Å². The highest BCUT2D eigenvalue weighted by Crippen LogP contribution is 2.53. The molecule has 3 saturated carbocycles. The number of aromatic nitrogens is 1. The van der Waals surface area contributed by atoms with Gasteiger partial charge in [-0.3, -0.25) is 14.6 Å². The molecule has 1 heterocycles. The van der Waals surface area contributed by atoms with Crippen molar-refractivity contribution in [1.29, 1.82) is 0 Å². The van der Waals surface area contributed by atoms with E-state index in [9.17, 15) is 14.0 Å². The van der Waals surface area contributed by atoms with Crippen LogP contribution in [-0.4, -0.2) is 30.3 Å². The first-order valence-electron chi connectivity index (χ1n) is 16.6. The number of benzene rings is 3. The van der Waals surface area contributed by atoms with Crippen LogP contribution in [0, 0.1) is 28.4 Å². The van der Waals surface area contributed by atoms with Gasteiger partial charge in [0.05, 0.1) is 24.6 Å². The van der Waals surface area contributed by atoms with E-state index in [-0.39, 0.29) is 41.4 Å². The minimum atomic E-state index is -1.05. The third kappa shape index (κ3) is 6.74. The molecule has 3 aromatic carbocycles. The summed E-state index contributed by atoms with van der Waals surface area (Å²) in [6, 6.07) is 15.5. The number of rotatable bonds is 14. The number of nitrogens with zero attached hydrogens (tertiary/aromatic N) is 1. The van der Waals surface area contributed by atoms with E-state index in [1.165, 1.54) is 69.2 Å². The van der Waals surface area contributed by atoms with E-state index in [1.54, 1.807) is 37.6 Å². The zero-order valence-corrected chi connectivity index (χ0v) is 26.7. The van der Waals surface area contributed by atoms with E-state index in [2.05, 4.69) is 4.98 Å². The minimum Gasteiger partial charge on any atom is -0.493 e. The van der Waals surface area contributed by atoms with Gasteiger partial charge in [-0.25, -0.2) is 8.78 Å². The van der Waals surface area contributed by atoms with E-state index in [0.29, 0.717) is 58.7 Å². The number of methoxy groups -OCH3 is 1. The lowest BCUT2D eigenvalue weighted by molar-refractivity contribution is -0.133. The van der Waals surface area contributed by atoms with Gasteiger partial charge < -0.3 is 14.2 Å². The lowest BCUT2D eigenvalue weighted by Gasteiger charge is -2.21. The van der Waals surface area contributed by atoms with Crippen LogP contribution in [0.2, 0.25) is 0 Å². The smallest absolute Gasteiger partial charge is 0.166 e. The number of fused-ring (bicyclic) bond motifs is 1. The quantitative estimate of drug-likeness (QED) is 0.129. The molecule has 0 aliphatic heterocycles. The first-order chi connectivity index (χ1) is 22.8. The fourth-order valence-corrected chi connectivity index (χ4v) is 7.14. The van der Waals surface area contributed by atoms with E-state index >= 15 is 4.39 Å². The average Bonchev–Trinajstić information content (AvgIpc) is 3.99. The molecule has 0 radical (unpaired) electrons. The van der Waals surface area contributed by atoms with Gasteiger partial charge in [-0.2, -0.15) is 0 Å². The van der Waals surface area contributed by atoms with Gasteiger partial charge in [0.1, 0.15) is 11.6 Å². The Morgan fingerprint density at radius 2 is 1.51 bits per heavy atom. The molecular weight excluding hydrogens is 600 g/mol. The maximum atomic E-state index is 15.4. The third-order valence-electron chi connectivity index (χ3n) is 10.4. The fraction of sp³-hybridized carbons (Fsp3) is 0.410. The second kappa shape index (κ2) is 12.7. The molecule has 47 heavy (non-hydrogen) atoms. The van der Waals surface area contributed by atoms with Crippen molar-refractivity contribution in [2.75, 3.05) is 13.7 Å². The van der Waals surface area contributed by atoms with Gasteiger partial charge in [-0.1, -0.05) is 43.9 Å². The second-order valence-corrected chi connectivity index (χ2v) is 13.7. The summed E-state index contributed by atoms with van der Waals surface area (Å²) in [4.78, 5) is 30.8. The number of Topliss-reactive ketones (excluding diaryl/α,β-unsaturated/α-hetero) is 2. The maximum absolute atomic E-state index is 15.4. The number of hydrogen-bond donors (Lipinski definition) is 0. The van der Waals surface area contributed by atoms with E-state index in [1.807, 2.05) is 12.1 Å². The summed E-state index contributed by atoms with van der Waals surface area (Å²) in [5, 5.41) is 0.651. The minimum absolute atomic E-state index is 0.00380. The second-order valence-electron chi connectivity index (χ2n) is 13.7. The Balaban J connectivity index is 1.02. The summed E-state index contributed by atoms with van der Waals surface area (Å²) in [6.45, 7) is 0.658. The first kappa shape index (κ1) is 31.3. The summed E-state index contributed by atoms with van der Waals surface area (Å²) in [5.74, 6) is 1.01. The molecule has 0 N–H and O–H groups in total. The Morgan fingerprint density at radius 1 is 0.809 bits per heavy atom. The van der Waals surface area contributed by atoms with Crippen molar-refractivity contribution >= 4 is 22.5 Å². The Morgan fingerprint density at radius 3 is 2.17 bits per heavy atom. The van der Waals surface area contributed by atoms with Gasteiger partial charge in [-0.15, -0.1) is 0 Å². The molecule has 1 aromatic heterocycles. The predicted octanol–water partition coefficient (Wildman–Crippen LogP) is 8.76. The molecule has 0 atom stereocenters. The van der Waals surface area contributed by atoms with Crippen LogP contribution in [0.15, 0.2) is 66.9 Å². The van der Waals surface area contributed by atoms with Crippen LogP contribution in [0.25, 0.3) is 10.9 Å². The Bertz CT molecular complexity index is 1810. The molecule has 0 bridgehead atoms. The zero-order chi connectivity index (χ0) is 32.6. The predicted molar refractivity (Wildman–Crippen MR) is 174 cm³/mol. The number of hydrogen-bond acceptors (Lipinski definition) is 6. The number of halogens is 2. The Labute approximate surface area is 273 Å². The normalized spacial score (nSPS) is 17.8. The summed E-state index contributed by atoms with van der Waals surface area (Å²) >= 11 is 0. The molecule has 7 rings (SSSR count). The van der Waals surface area contributed by atoms with Crippen LogP contribution in [0.5, 0.6) is 23.0 Å². The SMILES string of the molecule is COc1cc2c(Oc3ccc(CC(=O)C4(C(=O)Cc5ccc(F)cc5)CC4)cc3F)ccnc2cc1OCC1(CC2CCCC2)CC1. The summed E-state index contributed by atoms with van der Waals surface area (Å²) in [6.07, 6.45) is 11.5. The lowest BCUT2D eigenvalue weighted by Crippen LogP contribution is -2.28. The van der Waals surface area contributed by atoms with E-state index in [0.717, 1.165) is 5.92 Å². The van der Waals surface area contributed by atoms with Crippen LogP contribution >= 0.6 is 0 Å². The van der Waals surface area contributed by atoms with E-state index < -0.39 is 11.2 Å². The molecule has 3 fully saturated rings. The largest absolute Gasteiger partial charge is 0.493 e. The van der Waals surface area contributed by atoms with Crippen molar-refractivity contribution in [3.05, 3.63) is 89.6 Å². The van der Waals surface area contributed by atoms with E-state index in [4.69, 9.17) is 14.2 Å². The monoisotopic (exact) mass is 639 g/mol. The highest BCUT2D eigenvalue weighted by atomic mass is 19.1. The van der Waals surface area contributed by atoms with Crippen molar-refractivity contribution < 1.29 is 32.6 Å². The summed E-state index contributed by atoms with van der Waals surface area (Å²) < 4.78 is 46.7. The van der Waals surface area contributed by atoms with Gasteiger partial charge in [0, 0.05) is 35.9 Å². The molecule has 8 heteroatoms. The standard InChI is InChI=1S/C39H39F2NO5/c1-45-34-21-29-31(22-35(34)46-24-38(13-14-38)23-26-4-2-3-5-26)42-17-12-32(29)47-33-11-8-27(18-30(33)41)20-37(44)39(15-16-39)36(43)19-25-6-9-28(40)10-7-25/h6-12,17-18,21-22,26H,2-5,13-16,19-20,23-24H2,1H3. The van der Waals surface area contributed by atoms with Gasteiger partial charge in [0.15, 0.2) is 34.6 Å². The molecule has 0 spiro atoms. The number of carbonyl (C=O) groups excluding carboxylic acids is 2. The molecular formula is C39H39F2NO5. The van der Waals surface area contributed by atoms with Crippen molar-refractivity contribution in [3.8, 4) is 23.0 Å². The van der Waals surface area contributed by atoms with Crippen molar-refractivity contribution in [2.45, 2.75) is 70.6 Å². The molecule has 4 aromatic rings. The van der Waals surface area contributed by atoms with Crippen molar-refractivity contribution in [3.63, 3.8) is 0 Å². The molecule has 6 nitrogen and oxygen atoms in total. The molecule has 244 valence electrons. The number of pyridine rings is 1. The van der Waals surface area contributed by atoms with Crippen LogP contribution in [0.1, 0.15) is 68.9 Å². The fourth-order valence-electron chi connectivity index (χ4n) is 7.14.